The third-order valence-electron chi connectivity index (χ3n) is 2.66. The Labute approximate surface area is 106 Å². The van der Waals surface area contributed by atoms with Crippen LogP contribution in [0.3, 0.4) is 0 Å². The maximum atomic E-state index is 12.1. The van der Waals surface area contributed by atoms with E-state index in [1.807, 2.05) is 43.3 Å². The number of carbonyl (C=O) groups is 1. The third kappa shape index (κ3) is 2.69. The van der Waals surface area contributed by atoms with E-state index in [2.05, 4.69) is 5.32 Å². The van der Waals surface area contributed by atoms with Crippen LogP contribution in [0.1, 0.15) is 15.9 Å². The molecule has 2 aromatic rings. The number of benzene rings is 2. The summed E-state index contributed by atoms with van der Waals surface area (Å²) in [6.07, 6.45) is 0. The summed E-state index contributed by atoms with van der Waals surface area (Å²) in [6, 6.07) is 14.8. The van der Waals surface area contributed by atoms with E-state index in [4.69, 9.17) is 4.74 Å². The standard InChI is InChI=1S/C15H15NO2/c1-11-7-9-12(10-8-11)16-15(17)13-5-3-4-6-14(13)18-2/h3-10H,1-2H3,(H,16,17). The van der Waals surface area contributed by atoms with Gasteiger partial charge in [0.15, 0.2) is 0 Å². The van der Waals surface area contributed by atoms with Crippen molar-refractivity contribution in [3.05, 3.63) is 59.7 Å². The van der Waals surface area contributed by atoms with Crippen molar-refractivity contribution in [2.45, 2.75) is 6.92 Å². The van der Waals surface area contributed by atoms with Crippen molar-refractivity contribution >= 4 is 11.6 Å². The summed E-state index contributed by atoms with van der Waals surface area (Å²) in [5, 5.41) is 2.84. The number of anilines is 1. The van der Waals surface area contributed by atoms with E-state index in [9.17, 15) is 4.79 Å². The van der Waals surface area contributed by atoms with Crippen molar-refractivity contribution in [2.24, 2.45) is 0 Å². The Morgan fingerprint density at radius 3 is 2.39 bits per heavy atom. The second kappa shape index (κ2) is 5.36. The molecule has 3 nitrogen and oxygen atoms in total. The maximum Gasteiger partial charge on any atom is 0.259 e. The number of nitrogens with one attached hydrogen (secondary N) is 1. The summed E-state index contributed by atoms with van der Waals surface area (Å²) in [5.74, 6) is 0.401. The van der Waals surface area contributed by atoms with E-state index in [-0.39, 0.29) is 5.91 Å². The lowest BCUT2D eigenvalue weighted by Gasteiger charge is -2.09. The normalized spacial score (nSPS) is 9.89. The summed E-state index contributed by atoms with van der Waals surface area (Å²) in [7, 11) is 1.55. The Bertz CT molecular complexity index is 547. The minimum atomic E-state index is -0.170. The molecule has 0 heterocycles. The summed E-state index contributed by atoms with van der Waals surface area (Å²) in [6.45, 7) is 2.01. The van der Waals surface area contributed by atoms with E-state index in [0.717, 1.165) is 11.3 Å². The smallest absolute Gasteiger partial charge is 0.259 e. The van der Waals surface area contributed by atoms with Crippen LogP contribution < -0.4 is 10.1 Å². The van der Waals surface area contributed by atoms with Crippen molar-refractivity contribution in [3.8, 4) is 5.75 Å². The van der Waals surface area contributed by atoms with Gasteiger partial charge in [-0.3, -0.25) is 4.79 Å². The van der Waals surface area contributed by atoms with Crippen molar-refractivity contribution < 1.29 is 9.53 Å². The predicted octanol–water partition coefficient (Wildman–Crippen LogP) is 3.26. The number of methoxy groups -OCH3 is 1. The first kappa shape index (κ1) is 12.2. The van der Waals surface area contributed by atoms with E-state index in [1.54, 1.807) is 19.2 Å². The van der Waals surface area contributed by atoms with Crippen LogP contribution >= 0.6 is 0 Å². The zero-order valence-corrected chi connectivity index (χ0v) is 10.4. The van der Waals surface area contributed by atoms with Crippen LogP contribution in [-0.4, -0.2) is 13.0 Å². The van der Waals surface area contributed by atoms with Crippen molar-refractivity contribution in [3.63, 3.8) is 0 Å². The monoisotopic (exact) mass is 241 g/mol. The number of para-hydroxylation sites is 1. The molecule has 0 fully saturated rings. The Kier molecular flexibility index (Phi) is 3.63. The van der Waals surface area contributed by atoms with Gasteiger partial charge in [-0.2, -0.15) is 0 Å². The molecule has 0 aromatic heterocycles. The fraction of sp³-hybridized carbons (Fsp3) is 0.133. The summed E-state index contributed by atoms with van der Waals surface area (Å²) < 4.78 is 5.16. The second-order valence-electron chi connectivity index (χ2n) is 4.02. The molecule has 0 saturated carbocycles. The predicted molar refractivity (Wildman–Crippen MR) is 72.1 cm³/mol. The van der Waals surface area contributed by atoms with Crippen LogP contribution in [0.4, 0.5) is 5.69 Å². The number of hydrogen-bond donors (Lipinski definition) is 1. The highest BCUT2D eigenvalue weighted by Crippen LogP contribution is 2.19. The van der Waals surface area contributed by atoms with Gasteiger partial charge in [0.1, 0.15) is 5.75 Å². The Hall–Kier alpha value is -2.29. The zero-order chi connectivity index (χ0) is 13.0. The highest BCUT2D eigenvalue weighted by atomic mass is 16.5. The lowest BCUT2D eigenvalue weighted by atomic mass is 10.1. The van der Waals surface area contributed by atoms with Crippen LogP contribution in [0.2, 0.25) is 0 Å². The Morgan fingerprint density at radius 2 is 1.72 bits per heavy atom. The molecule has 0 bridgehead atoms. The first-order valence-electron chi connectivity index (χ1n) is 5.72. The molecule has 0 spiro atoms. The van der Waals surface area contributed by atoms with Crippen LogP contribution in [0.25, 0.3) is 0 Å². The topological polar surface area (TPSA) is 38.3 Å². The molecule has 0 atom stereocenters. The van der Waals surface area contributed by atoms with Crippen molar-refractivity contribution in [1.82, 2.24) is 0 Å². The third-order valence-corrected chi connectivity index (χ3v) is 2.66. The molecule has 0 aliphatic rings. The number of ether oxygens (including phenoxy) is 1. The fourth-order valence-corrected chi connectivity index (χ4v) is 1.67. The maximum absolute atomic E-state index is 12.1. The molecule has 2 aromatic carbocycles. The molecule has 0 aliphatic carbocycles. The Morgan fingerprint density at radius 1 is 1.06 bits per heavy atom. The van der Waals surface area contributed by atoms with Crippen LogP contribution in [0.15, 0.2) is 48.5 Å². The number of amides is 1. The highest BCUT2D eigenvalue weighted by molar-refractivity contribution is 6.06. The van der Waals surface area contributed by atoms with E-state index < -0.39 is 0 Å². The average Bonchev–Trinajstić information content (AvgIpc) is 2.41. The molecule has 1 N–H and O–H groups in total. The summed E-state index contributed by atoms with van der Waals surface area (Å²) in [5.41, 5.74) is 2.46. The lowest BCUT2D eigenvalue weighted by molar-refractivity contribution is 0.102. The number of rotatable bonds is 3. The van der Waals surface area contributed by atoms with Gasteiger partial charge in [0, 0.05) is 5.69 Å². The molecule has 2 rings (SSSR count). The SMILES string of the molecule is COc1ccccc1C(=O)Nc1ccc(C)cc1. The molecule has 92 valence electrons. The van der Waals surface area contributed by atoms with Crippen molar-refractivity contribution in [2.75, 3.05) is 12.4 Å². The molecule has 3 heteroatoms. The molecule has 1 amide bonds. The van der Waals surface area contributed by atoms with Gasteiger partial charge in [-0.25, -0.2) is 0 Å². The van der Waals surface area contributed by atoms with Gasteiger partial charge in [0.2, 0.25) is 0 Å². The first-order valence-corrected chi connectivity index (χ1v) is 5.72. The van der Waals surface area contributed by atoms with Gasteiger partial charge in [-0.1, -0.05) is 29.8 Å². The minimum absolute atomic E-state index is 0.170. The van der Waals surface area contributed by atoms with E-state index in [1.165, 1.54) is 0 Å². The minimum Gasteiger partial charge on any atom is -0.496 e. The number of carbonyl (C=O) groups excluding carboxylic acids is 1. The van der Waals surface area contributed by atoms with Gasteiger partial charge in [0.05, 0.1) is 12.7 Å². The molecule has 18 heavy (non-hydrogen) atoms. The van der Waals surface area contributed by atoms with E-state index in [0.29, 0.717) is 11.3 Å². The van der Waals surface area contributed by atoms with Gasteiger partial charge in [-0.15, -0.1) is 0 Å². The average molecular weight is 241 g/mol. The van der Waals surface area contributed by atoms with Crippen LogP contribution in [0, 0.1) is 6.92 Å². The molecular formula is C15H15NO2. The lowest BCUT2D eigenvalue weighted by Crippen LogP contribution is -2.12. The Balaban J connectivity index is 2.19. The van der Waals surface area contributed by atoms with Gasteiger partial charge in [-0.05, 0) is 31.2 Å². The fourth-order valence-electron chi connectivity index (χ4n) is 1.67. The molecule has 0 saturated heterocycles. The van der Waals surface area contributed by atoms with Crippen LogP contribution in [-0.2, 0) is 0 Å². The van der Waals surface area contributed by atoms with Gasteiger partial charge < -0.3 is 10.1 Å². The molecular weight excluding hydrogens is 226 g/mol. The van der Waals surface area contributed by atoms with Crippen molar-refractivity contribution in [1.29, 1.82) is 0 Å². The molecule has 0 aliphatic heterocycles. The largest absolute Gasteiger partial charge is 0.496 e. The highest BCUT2D eigenvalue weighted by Gasteiger charge is 2.11. The zero-order valence-electron chi connectivity index (χ0n) is 10.4. The first-order chi connectivity index (χ1) is 8.70. The second-order valence-corrected chi connectivity index (χ2v) is 4.02. The number of aryl methyl sites for hydroxylation is 1. The van der Waals surface area contributed by atoms with Gasteiger partial charge >= 0.3 is 0 Å². The molecule has 0 unspecified atom stereocenters. The van der Waals surface area contributed by atoms with Crippen LogP contribution in [0.5, 0.6) is 5.75 Å². The number of hydrogen-bond acceptors (Lipinski definition) is 2. The molecule has 0 radical (unpaired) electrons. The van der Waals surface area contributed by atoms with E-state index >= 15 is 0 Å². The summed E-state index contributed by atoms with van der Waals surface area (Å²) >= 11 is 0. The quantitative estimate of drug-likeness (QED) is 0.895. The summed E-state index contributed by atoms with van der Waals surface area (Å²) in [4.78, 5) is 12.1. The van der Waals surface area contributed by atoms with Gasteiger partial charge in [0.25, 0.3) is 5.91 Å².